The van der Waals surface area contributed by atoms with Crippen LogP contribution in [0.15, 0.2) is 60.8 Å². The number of nitrogens with one attached hydrogen (secondary N) is 2. The van der Waals surface area contributed by atoms with E-state index < -0.39 is 0 Å². The van der Waals surface area contributed by atoms with Gasteiger partial charge in [-0.15, -0.1) is 0 Å². The van der Waals surface area contributed by atoms with Crippen LogP contribution < -0.4 is 29.0 Å². The predicted molar refractivity (Wildman–Crippen MR) is 135 cm³/mol. The third-order valence-corrected chi connectivity index (χ3v) is 6.42. The molecule has 5 rings (SSSR count). The summed E-state index contributed by atoms with van der Waals surface area (Å²) in [7, 11) is 4.85. The number of fused-ring (bicyclic) bond motifs is 2. The maximum atomic E-state index is 13.2. The molecule has 2 N–H and O–H groups in total. The zero-order valence-corrected chi connectivity index (χ0v) is 20.4. The third-order valence-electron chi connectivity index (χ3n) is 6.42. The van der Waals surface area contributed by atoms with Gasteiger partial charge in [0.15, 0.2) is 23.0 Å². The first kappa shape index (κ1) is 23.4. The molecule has 8 nitrogen and oxygen atoms in total. The summed E-state index contributed by atoms with van der Waals surface area (Å²) in [6.45, 7) is 0.595. The summed E-state index contributed by atoms with van der Waals surface area (Å²) in [6.07, 6.45) is 2.17. The monoisotopic (exact) mass is 488 g/mol. The zero-order valence-electron chi connectivity index (χ0n) is 20.4. The highest BCUT2D eigenvalue weighted by atomic mass is 16.7. The molecule has 8 heteroatoms. The molecule has 36 heavy (non-hydrogen) atoms. The summed E-state index contributed by atoms with van der Waals surface area (Å²) < 4.78 is 27.4. The Bertz CT molecular complexity index is 1400. The van der Waals surface area contributed by atoms with Crippen LogP contribution >= 0.6 is 0 Å². The van der Waals surface area contributed by atoms with E-state index in [9.17, 15) is 4.79 Å². The lowest BCUT2D eigenvalue weighted by Gasteiger charge is -2.19. The summed E-state index contributed by atoms with van der Waals surface area (Å²) in [5.74, 6) is 3.04. The molecule has 1 aromatic heterocycles. The van der Waals surface area contributed by atoms with Gasteiger partial charge >= 0.3 is 0 Å². The Kier molecular flexibility index (Phi) is 6.58. The van der Waals surface area contributed by atoms with Crippen LogP contribution in [-0.4, -0.2) is 39.0 Å². The van der Waals surface area contributed by atoms with Crippen LogP contribution in [0.25, 0.3) is 10.9 Å². The summed E-state index contributed by atoms with van der Waals surface area (Å²) >= 11 is 0. The molecule has 4 aromatic rings. The Hall–Kier alpha value is -4.33. The lowest BCUT2D eigenvalue weighted by Crippen LogP contribution is -2.25. The normalized spacial score (nSPS) is 12.9. The van der Waals surface area contributed by atoms with Crippen molar-refractivity contribution in [3.63, 3.8) is 0 Å². The van der Waals surface area contributed by atoms with E-state index in [1.807, 2.05) is 60.8 Å². The first-order valence-corrected chi connectivity index (χ1v) is 11.6. The second-order valence-electron chi connectivity index (χ2n) is 8.46. The van der Waals surface area contributed by atoms with Crippen LogP contribution in [-0.2, 0) is 11.3 Å². The predicted octanol–water partition coefficient (Wildman–Crippen LogP) is 4.76. The second kappa shape index (κ2) is 10.1. The number of H-pyrrole nitrogens is 1. The number of ether oxygens (including phenoxy) is 5. The fourth-order valence-corrected chi connectivity index (χ4v) is 4.61. The second-order valence-corrected chi connectivity index (χ2v) is 8.46. The molecule has 0 aliphatic carbocycles. The van der Waals surface area contributed by atoms with E-state index in [0.29, 0.717) is 29.5 Å². The molecule has 1 amide bonds. The highest BCUT2D eigenvalue weighted by molar-refractivity contribution is 5.91. The van der Waals surface area contributed by atoms with Gasteiger partial charge < -0.3 is 34.0 Å². The number of carbonyl (C=O) groups is 1. The van der Waals surface area contributed by atoms with Crippen molar-refractivity contribution in [2.24, 2.45) is 0 Å². The van der Waals surface area contributed by atoms with Crippen molar-refractivity contribution in [2.75, 3.05) is 28.1 Å². The van der Waals surface area contributed by atoms with Gasteiger partial charge in [-0.1, -0.05) is 18.2 Å². The number of carbonyl (C=O) groups excluding carboxylic acids is 1. The van der Waals surface area contributed by atoms with Crippen LogP contribution in [0.2, 0.25) is 0 Å². The molecule has 0 bridgehead atoms. The van der Waals surface area contributed by atoms with Crippen molar-refractivity contribution in [1.29, 1.82) is 0 Å². The molecule has 0 radical (unpaired) electrons. The topological polar surface area (TPSA) is 91.0 Å². The van der Waals surface area contributed by atoms with Gasteiger partial charge in [0.2, 0.25) is 12.7 Å². The highest BCUT2D eigenvalue weighted by Crippen LogP contribution is 2.40. The molecule has 0 fully saturated rings. The number of aromatic nitrogens is 1. The number of hydrogen-bond donors (Lipinski definition) is 2. The number of benzene rings is 3. The van der Waals surface area contributed by atoms with Gasteiger partial charge in [-0.3, -0.25) is 4.79 Å². The lowest BCUT2D eigenvalue weighted by molar-refractivity contribution is -0.121. The molecular formula is C28H28N2O6. The lowest BCUT2D eigenvalue weighted by atomic mass is 9.87. The minimum atomic E-state index is -0.258. The van der Waals surface area contributed by atoms with E-state index in [1.54, 1.807) is 21.3 Å². The standard InChI is InChI=1S/C28H28N2O6/c1-32-22-10-8-18(12-25(22)34-3)19(20-15-29-21-5-4-6-24(33-2)28(20)21)13-27(31)30-14-17-7-9-23-26(11-17)36-16-35-23/h4-12,15,19,29H,13-14,16H2,1-3H3,(H,30,31). The van der Waals surface area contributed by atoms with Gasteiger partial charge in [-0.05, 0) is 53.1 Å². The van der Waals surface area contributed by atoms with Crippen LogP contribution in [0.5, 0.6) is 28.7 Å². The Morgan fingerprint density at radius 3 is 2.56 bits per heavy atom. The Morgan fingerprint density at radius 2 is 1.75 bits per heavy atom. The van der Waals surface area contributed by atoms with Crippen molar-refractivity contribution in [3.05, 3.63) is 77.5 Å². The molecule has 186 valence electrons. The molecule has 3 aromatic carbocycles. The molecule has 0 saturated carbocycles. The molecular weight excluding hydrogens is 460 g/mol. The Morgan fingerprint density at radius 1 is 0.944 bits per heavy atom. The van der Waals surface area contributed by atoms with E-state index in [4.69, 9.17) is 23.7 Å². The molecule has 2 heterocycles. The average molecular weight is 489 g/mol. The number of amides is 1. The highest BCUT2D eigenvalue weighted by Gasteiger charge is 2.24. The zero-order chi connectivity index (χ0) is 25.1. The Labute approximate surface area is 209 Å². The van der Waals surface area contributed by atoms with Gasteiger partial charge in [0, 0.05) is 36.0 Å². The molecule has 1 unspecified atom stereocenters. The summed E-state index contributed by atoms with van der Waals surface area (Å²) in [5.41, 5.74) is 3.77. The molecule has 1 atom stereocenters. The van der Waals surface area contributed by atoms with E-state index in [-0.39, 0.29) is 25.0 Å². The largest absolute Gasteiger partial charge is 0.496 e. The van der Waals surface area contributed by atoms with Gasteiger partial charge in [0.05, 0.1) is 21.3 Å². The molecule has 1 aliphatic heterocycles. The number of aromatic amines is 1. The third kappa shape index (κ3) is 4.49. The van der Waals surface area contributed by atoms with Crippen molar-refractivity contribution in [3.8, 4) is 28.7 Å². The fraction of sp³-hybridized carbons (Fsp3) is 0.250. The van der Waals surface area contributed by atoms with Crippen LogP contribution in [0.4, 0.5) is 0 Å². The van der Waals surface area contributed by atoms with E-state index in [1.165, 1.54) is 0 Å². The van der Waals surface area contributed by atoms with Crippen LogP contribution in [0.3, 0.4) is 0 Å². The van der Waals surface area contributed by atoms with Crippen molar-refractivity contribution in [1.82, 2.24) is 10.3 Å². The Balaban J connectivity index is 1.45. The maximum Gasteiger partial charge on any atom is 0.231 e. The first-order chi connectivity index (χ1) is 17.6. The van der Waals surface area contributed by atoms with Crippen molar-refractivity contribution >= 4 is 16.8 Å². The van der Waals surface area contributed by atoms with Crippen LogP contribution in [0.1, 0.15) is 29.0 Å². The number of hydrogen-bond acceptors (Lipinski definition) is 6. The van der Waals surface area contributed by atoms with E-state index >= 15 is 0 Å². The van der Waals surface area contributed by atoms with Gasteiger partial charge in [0.25, 0.3) is 0 Å². The average Bonchev–Trinajstić information content (AvgIpc) is 3.57. The first-order valence-electron chi connectivity index (χ1n) is 11.6. The van der Waals surface area contributed by atoms with E-state index in [0.717, 1.165) is 33.3 Å². The molecule has 0 spiro atoms. The van der Waals surface area contributed by atoms with Crippen LogP contribution in [0, 0.1) is 0 Å². The quantitative estimate of drug-likeness (QED) is 0.353. The van der Waals surface area contributed by atoms with Crippen molar-refractivity contribution in [2.45, 2.75) is 18.9 Å². The number of methoxy groups -OCH3 is 3. The van der Waals surface area contributed by atoms with Gasteiger partial charge in [-0.2, -0.15) is 0 Å². The smallest absolute Gasteiger partial charge is 0.231 e. The van der Waals surface area contributed by atoms with Crippen molar-refractivity contribution < 1.29 is 28.5 Å². The fourth-order valence-electron chi connectivity index (χ4n) is 4.61. The van der Waals surface area contributed by atoms with Gasteiger partial charge in [-0.25, -0.2) is 0 Å². The van der Waals surface area contributed by atoms with E-state index in [2.05, 4.69) is 10.3 Å². The minimum absolute atomic E-state index is 0.0864. The summed E-state index contributed by atoms with van der Waals surface area (Å²) in [6, 6.07) is 17.3. The minimum Gasteiger partial charge on any atom is -0.496 e. The maximum absolute atomic E-state index is 13.2. The summed E-state index contributed by atoms with van der Waals surface area (Å²) in [5, 5.41) is 3.99. The number of rotatable bonds is 9. The SMILES string of the molecule is COc1ccc(C(CC(=O)NCc2ccc3c(c2)OCO3)c2c[nH]c3cccc(OC)c23)cc1OC. The summed E-state index contributed by atoms with van der Waals surface area (Å²) in [4.78, 5) is 16.6. The molecule has 0 saturated heterocycles. The molecule has 1 aliphatic rings. The van der Waals surface area contributed by atoms with Gasteiger partial charge in [0.1, 0.15) is 5.75 Å².